The van der Waals surface area contributed by atoms with Crippen LogP contribution >= 0.6 is 0 Å². The van der Waals surface area contributed by atoms with E-state index in [0.717, 1.165) is 77.0 Å². The number of carbonyl (C=O) groups excluding carboxylic acids is 2. The molecule has 11 heteroatoms. The van der Waals surface area contributed by atoms with Crippen molar-refractivity contribution >= 4 is 11.9 Å². The number of aliphatic hydroxyl groups excluding tert-OH is 5. The lowest BCUT2D eigenvalue weighted by Gasteiger charge is -2.41. The van der Waals surface area contributed by atoms with Crippen molar-refractivity contribution < 1.29 is 49.3 Å². The van der Waals surface area contributed by atoms with E-state index in [1.807, 2.05) is 72.9 Å². The van der Waals surface area contributed by atoms with Crippen molar-refractivity contribution in [2.24, 2.45) is 0 Å². The number of nitrogens with one attached hydrogen (secondary N) is 1. The molecule has 8 unspecified atom stereocenters. The van der Waals surface area contributed by atoms with Crippen molar-refractivity contribution in [1.82, 2.24) is 5.32 Å². The Morgan fingerprint density at radius 1 is 0.554 bits per heavy atom. The highest BCUT2D eigenvalue weighted by molar-refractivity contribution is 5.80. The van der Waals surface area contributed by atoms with Gasteiger partial charge in [0.25, 0.3) is 0 Å². The number of carbonyl (C=O) groups is 2. The van der Waals surface area contributed by atoms with Gasteiger partial charge in [-0.3, -0.25) is 9.59 Å². The highest BCUT2D eigenvalue weighted by Crippen LogP contribution is 2.26. The van der Waals surface area contributed by atoms with Crippen molar-refractivity contribution in [3.63, 3.8) is 0 Å². The van der Waals surface area contributed by atoms with Gasteiger partial charge in [-0.1, -0.05) is 231 Å². The van der Waals surface area contributed by atoms with Gasteiger partial charge in [0.2, 0.25) is 5.91 Å². The average molecular weight is 1030 g/mol. The number of amides is 1. The lowest BCUT2D eigenvalue weighted by atomic mass is 9.99. The molecule has 1 heterocycles. The monoisotopic (exact) mass is 1030 g/mol. The molecule has 1 aliphatic heterocycles. The molecule has 0 spiro atoms. The van der Waals surface area contributed by atoms with Gasteiger partial charge in [-0.05, 0) is 83.5 Å². The Morgan fingerprint density at radius 2 is 1.04 bits per heavy atom. The van der Waals surface area contributed by atoms with E-state index in [2.05, 4.69) is 92.9 Å². The molecule has 1 saturated heterocycles. The number of hydrogen-bond acceptors (Lipinski definition) is 10. The molecule has 0 aliphatic carbocycles. The van der Waals surface area contributed by atoms with Gasteiger partial charge in [-0.15, -0.1) is 0 Å². The molecule has 1 rings (SSSR count). The van der Waals surface area contributed by atoms with Crippen LogP contribution in [-0.2, 0) is 23.8 Å². The second kappa shape index (κ2) is 49.4. The molecule has 6 N–H and O–H groups in total. The first-order chi connectivity index (χ1) is 36.2. The minimum Gasteiger partial charge on any atom is -0.454 e. The molecule has 74 heavy (non-hydrogen) atoms. The standard InChI is InChI=1S/C63H99NO10/c1-4-7-10-13-16-19-22-25-27-28-29-30-31-33-36-39-42-45-48-51-58(68)74-61-60(70)59(69)57(52-65)73-63(61)72-53-54(55(66)49-46-43-40-37-34-24-21-18-15-12-9-6-3)64-62(71)56(67)50-47-44-41-38-35-32-26-23-20-17-14-11-8-5-2/h7-8,10-11,14,16-17,19-20,23,25-27,29-30,32-33,35-36,38,42,45-46,49,54-57,59-61,63,65-67,69-70H,4-6,9,12-13,15,18,21-22,24,28,31,34,37,39-41,43-44,47-48,50-53H2,1-3H3,(H,64,71)/b10-7-,11-8+,17-14+,19-16-,23-20-,27-25-,30-29-,32-26-,36-33-,38-35+,45-42-,49-46+. The normalized spacial score (nSPS) is 20.5. The molecule has 1 aliphatic rings. The van der Waals surface area contributed by atoms with Crippen LogP contribution in [0.2, 0.25) is 0 Å². The molecule has 0 bridgehead atoms. The quantitative estimate of drug-likeness (QED) is 0.0149. The maximum atomic E-state index is 13.3. The van der Waals surface area contributed by atoms with Gasteiger partial charge in [0.1, 0.15) is 24.4 Å². The summed E-state index contributed by atoms with van der Waals surface area (Å²) >= 11 is 0. The predicted octanol–water partition coefficient (Wildman–Crippen LogP) is 12.7. The number of allylic oxidation sites excluding steroid dienone is 23. The van der Waals surface area contributed by atoms with Crippen LogP contribution < -0.4 is 5.32 Å². The van der Waals surface area contributed by atoms with E-state index in [4.69, 9.17) is 14.2 Å². The zero-order chi connectivity index (χ0) is 54.0. The van der Waals surface area contributed by atoms with Gasteiger partial charge < -0.3 is 45.1 Å². The fourth-order valence-corrected chi connectivity index (χ4v) is 7.70. The first-order valence-electron chi connectivity index (χ1n) is 28.2. The van der Waals surface area contributed by atoms with E-state index >= 15 is 0 Å². The number of hydrogen-bond donors (Lipinski definition) is 6. The van der Waals surface area contributed by atoms with Crippen LogP contribution in [0, 0.1) is 0 Å². The molecule has 1 fully saturated rings. The lowest BCUT2D eigenvalue weighted by Crippen LogP contribution is -2.61. The Kier molecular flexibility index (Phi) is 45.1. The predicted molar refractivity (Wildman–Crippen MR) is 305 cm³/mol. The molecular weight excluding hydrogens is 931 g/mol. The third kappa shape index (κ3) is 37.3. The third-order valence-electron chi connectivity index (χ3n) is 12.1. The minimum atomic E-state index is -1.66. The van der Waals surface area contributed by atoms with Crippen LogP contribution in [0.15, 0.2) is 146 Å². The summed E-state index contributed by atoms with van der Waals surface area (Å²) in [5, 5.41) is 56.7. The van der Waals surface area contributed by atoms with Gasteiger partial charge in [-0.2, -0.15) is 0 Å². The fraction of sp³-hybridized carbons (Fsp3) is 0.587. The van der Waals surface area contributed by atoms with E-state index in [0.29, 0.717) is 19.3 Å². The van der Waals surface area contributed by atoms with Crippen LogP contribution in [0.25, 0.3) is 0 Å². The second-order valence-electron chi connectivity index (χ2n) is 18.7. The van der Waals surface area contributed by atoms with Crippen LogP contribution in [0.5, 0.6) is 0 Å². The summed E-state index contributed by atoms with van der Waals surface area (Å²) in [4.78, 5) is 26.4. The number of ether oxygens (including phenoxy) is 3. The lowest BCUT2D eigenvalue weighted by molar-refractivity contribution is -0.305. The second-order valence-corrected chi connectivity index (χ2v) is 18.7. The van der Waals surface area contributed by atoms with Gasteiger partial charge >= 0.3 is 5.97 Å². The van der Waals surface area contributed by atoms with Gasteiger partial charge in [0.05, 0.1) is 25.4 Å². The maximum Gasteiger partial charge on any atom is 0.306 e. The first kappa shape index (κ1) is 67.6. The van der Waals surface area contributed by atoms with Crippen LogP contribution in [0.3, 0.4) is 0 Å². The Morgan fingerprint density at radius 3 is 1.59 bits per heavy atom. The van der Waals surface area contributed by atoms with E-state index in [1.165, 1.54) is 44.9 Å². The number of unbranched alkanes of at least 4 members (excludes halogenated alkanes) is 12. The molecule has 0 aromatic heterocycles. The zero-order valence-electron chi connectivity index (χ0n) is 45.6. The minimum absolute atomic E-state index is 0.0165. The molecule has 0 saturated carbocycles. The van der Waals surface area contributed by atoms with Crippen molar-refractivity contribution in [3.8, 4) is 0 Å². The highest BCUT2D eigenvalue weighted by atomic mass is 16.7. The summed E-state index contributed by atoms with van der Waals surface area (Å²) in [6.07, 6.45) is 60.4. The van der Waals surface area contributed by atoms with Crippen LogP contribution in [0.4, 0.5) is 0 Å². The molecule has 11 nitrogen and oxygen atoms in total. The molecular formula is C63H99NO10. The maximum absolute atomic E-state index is 13.3. The van der Waals surface area contributed by atoms with Crippen molar-refractivity contribution in [2.45, 2.75) is 224 Å². The summed E-state index contributed by atoms with van der Waals surface area (Å²) in [5.41, 5.74) is 0. The number of aliphatic hydroxyl groups is 5. The summed E-state index contributed by atoms with van der Waals surface area (Å²) in [7, 11) is 0. The van der Waals surface area contributed by atoms with Crippen LogP contribution in [0.1, 0.15) is 175 Å². The molecule has 0 radical (unpaired) electrons. The summed E-state index contributed by atoms with van der Waals surface area (Å²) in [5.74, 6) is -1.34. The topological polar surface area (TPSA) is 175 Å². The molecule has 0 aromatic rings. The Labute approximate surface area is 447 Å². The van der Waals surface area contributed by atoms with Gasteiger partial charge in [0, 0.05) is 6.42 Å². The van der Waals surface area contributed by atoms with Crippen LogP contribution in [-0.4, -0.2) is 99.6 Å². The summed E-state index contributed by atoms with van der Waals surface area (Å²) < 4.78 is 17.5. The third-order valence-corrected chi connectivity index (χ3v) is 12.1. The van der Waals surface area contributed by atoms with Crippen molar-refractivity contribution in [2.75, 3.05) is 13.2 Å². The van der Waals surface area contributed by atoms with E-state index in [1.54, 1.807) is 6.08 Å². The molecule has 1 amide bonds. The summed E-state index contributed by atoms with van der Waals surface area (Å²) in [6, 6.07) is -1.07. The number of esters is 1. The average Bonchev–Trinajstić information content (AvgIpc) is 3.40. The Balaban J connectivity index is 2.82. The number of rotatable bonds is 44. The smallest absolute Gasteiger partial charge is 0.306 e. The fourth-order valence-electron chi connectivity index (χ4n) is 7.70. The molecule has 0 aromatic carbocycles. The largest absolute Gasteiger partial charge is 0.454 e. The first-order valence-corrected chi connectivity index (χ1v) is 28.2. The highest BCUT2D eigenvalue weighted by Gasteiger charge is 2.47. The van der Waals surface area contributed by atoms with E-state index in [-0.39, 0.29) is 19.4 Å². The Bertz CT molecular complexity index is 1750. The van der Waals surface area contributed by atoms with Crippen molar-refractivity contribution in [1.29, 1.82) is 0 Å². The Hall–Kier alpha value is -4.46. The summed E-state index contributed by atoms with van der Waals surface area (Å²) in [6.45, 7) is 5.42. The zero-order valence-corrected chi connectivity index (χ0v) is 45.6. The van der Waals surface area contributed by atoms with Gasteiger partial charge in [-0.25, -0.2) is 0 Å². The van der Waals surface area contributed by atoms with E-state index in [9.17, 15) is 35.1 Å². The molecule has 416 valence electrons. The van der Waals surface area contributed by atoms with Crippen molar-refractivity contribution in [3.05, 3.63) is 146 Å². The van der Waals surface area contributed by atoms with E-state index < -0.39 is 67.4 Å². The SMILES string of the molecule is CC/C=C\C/C=C\C/C=C\C/C=C\C/C=C\C/C=C\CCC(=O)OC1C(OCC(NC(=O)C(O)CCCC/C=C/C=C\C=C/C=C/C=C/CC)C(O)/C=C/CCCCCCCCCCCC)OC(CO)C(O)C1O. The molecule has 8 atom stereocenters. The van der Waals surface area contributed by atoms with Gasteiger partial charge in [0.15, 0.2) is 12.4 Å².